The molecule has 0 aliphatic heterocycles. The number of oxime groups is 1. The minimum absolute atomic E-state index is 0.147. The van der Waals surface area contributed by atoms with Crippen molar-refractivity contribution in [3.8, 4) is 16.9 Å². The molecule has 0 heterocycles. The van der Waals surface area contributed by atoms with E-state index in [2.05, 4.69) is 55.0 Å². The van der Waals surface area contributed by atoms with E-state index in [1.165, 1.54) is 11.8 Å². The number of ether oxygens (including phenoxy) is 1. The van der Waals surface area contributed by atoms with Gasteiger partial charge in [0, 0.05) is 0 Å². The molecule has 0 aliphatic carbocycles. The van der Waals surface area contributed by atoms with Crippen LogP contribution in [0.2, 0.25) is 0 Å². The van der Waals surface area contributed by atoms with Gasteiger partial charge in [0.25, 0.3) is 0 Å². The Hall–Kier alpha value is -3.60. The number of hydrogen-bond donors (Lipinski definition) is 1. The minimum Gasteiger partial charge on any atom is -0.489 e. The van der Waals surface area contributed by atoms with Crippen LogP contribution in [0.15, 0.2) is 78.0 Å². The molecule has 1 N–H and O–H groups in total. The number of nitrogens with zero attached hydrogens (tertiary/aromatic N) is 1. The first kappa shape index (κ1) is 22.1. The quantitative estimate of drug-likeness (QED) is 0.379. The van der Waals surface area contributed by atoms with E-state index in [0.717, 1.165) is 28.0 Å². The van der Waals surface area contributed by atoms with Gasteiger partial charge >= 0.3 is 5.97 Å². The molecule has 3 aromatic carbocycles. The molecule has 0 amide bonds. The van der Waals surface area contributed by atoms with Crippen molar-refractivity contribution in [3.63, 3.8) is 0 Å². The standard InChI is InChI=1S/C26H27NO4/c1-26(2,3)23-12-6-20(7-13-23)17-30-24-14-10-22(11-15-24)21-8-4-19(5-9-21)16-27-31-18-25(28)29/h4-16H,17-18H2,1-3H3,(H,28,29)/b27-16+. The summed E-state index contributed by atoms with van der Waals surface area (Å²) in [6.07, 6.45) is 1.48. The van der Waals surface area contributed by atoms with Crippen molar-refractivity contribution in [2.24, 2.45) is 5.16 Å². The van der Waals surface area contributed by atoms with Gasteiger partial charge in [-0.3, -0.25) is 0 Å². The summed E-state index contributed by atoms with van der Waals surface area (Å²) >= 11 is 0. The first-order valence-electron chi connectivity index (χ1n) is 10.1. The van der Waals surface area contributed by atoms with E-state index in [0.29, 0.717) is 6.61 Å². The van der Waals surface area contributed by atoms with Gasteiger partial charge in [-0.2, -0.15) is 0 Å². The highest BCUT2D eigenvalue weighted by Crippen LogP contribution is 2.24. The van der Waals surface area contributed by atoms with E-state index in [1.54, 1.807) is 0 Å². The van der Waals surface area contributed by atoms with Crippen LogP contribution >= 0.6 is 0 Å². The van der Waals surface area contributed by atoms with Crippen molar-refractivity contribution in [2.75, 3.05) is 6.61 Å². The summed E-state index contributed by atoms with van der Waals surface area (Å²) in [6, 6.07) is 24.3. The molecule has 0 bridgehead atoms. The van der Waals surface area contributed by atoms with E-state index in [-0.39, 0.29) is 5.41 Å². The van der Waals surface area contributed by atoms with Gasteiger partial charge in [0.2, 0.25) is 6.61 Å². The maximum absolute atomic E-state index is 10.4. The van der Waals surface area contributed by atoms with Gasteiger partial charge in [-0.15, -0.1) is 0 Å². The number of carboxylic acid groups (broad SMARTS) is 1. The van der Waals surface area contributed by atoms with Crippen molar-refractivity contribution in [1.82, 2.24) is 0 Å². The maximum atomic E-state index is 10.4. The van der Waals surface area contributed by atoms with Crippen LogP contribution in [0.4, 0.5) is 0 Å². The Balaban J connectivity index is 1.55. The van der Waals surface area contributed by atoms with Crippen molar-refractivity contribution >= 4 is 12.2 Å². The smallest absolute Gasteiger partial charge is 0.344 e. The van der Waals surface area contributed by atoms with Gasteiger partial charge in [-0.25, -0.2) is 4.79 Å². The minimum atomic E-state index is -1.06. The molecule has 0 atom stereocenters. The third-order valence-electron chi connectivity index (χ3n) is 4.79. The Kier molecular flexibility index (Phi) is 7.08. The summed E-state index contributed by atoms with van der Waals surface area (Å²) in [5.74, 6) is -0.235. The lowest BCUT2D eigenvalue weighted by Crippen LogP contribution is -2.10. The molecule has 31 heavy (non-hydrogen) atoms. The molecule has 0 saturated carbocycles. The van der Waals surface area contributed by atoms with Crippen LogP contribution in [0.5, 0.6) is 5.75 Å². The molecule has 160 valence electrons. The predicted molar refractivity (Wildman–Crippen MR) is 123 cm³/mol. The lowest BCUT2D eigenvalue weighted by atomic mass is 9.87. The Morgan fingerprint density at radius 1 is 0.903 bits per heavy atom. The molecule has 0 aromatic heterocycles. The largest absolute Gasteiger partial charge is 0.489 e. The van der Waals surface area contributed by atoms with Gasteiger partial charge in [0.15, 0.2) is 0 Å². The number of aliphatic carboxylic acids is 1. The Morgan fingerprint density at radius 3 is 2.03 bits per heavy atom. The zero-order valence-corrected chi connectivity index (χ0v) is 18.0. The molecule has 0 unspecified atom stereocenters. The zero-order valence-electron chi connectivity index (χ0n) is 18.0. The summed E-state index contributed by atoms with van der Waals surface area (Å²) in [6.45, 7) is 6.70. The van der Waals surface area contributed by atoms with E-state index < -0.39 is 12.6 Å². The molecule has 5 nitrogen and oxygen atoms in total. The van der Waals surface area contributed by atoms with E-state index in [1.807, 2.05) is 48.5 Å². The lowest BCUT2D eigenvalue weighted by Gasteiger charge is -2.19. The molecular weight excluding hydrogens is 390 g/mol. The Labute approximate surface area is 182 Å². The van der Waals surface area contributed by atoms with Gasteiger partial charge in [-0.1, -0.05) is 86.6 Å². The fourth-order valence-corrected chi connectivity index (χ4v) is 2.96. The lowest BCUT2D eigenvalue weighted by molar-refractivity contribution is -0.142. The Bertz CT molecular complexity index is 1020. The fraction of sp³-hybridized carbons (Fsp3) is 0.231. The molecule has 0 saturated heterocycles. The summed E-state index contributed by atoms with van der Waals surface area (Å²) < 4.78 is 5.93. The molecule has 3 rings (SSSR count). The van der Waals surface area contributed by atoms with Gasteiger partial charge in [0.05, 0.1) is 6.21 Å². The highest BCUT2D eigenvalue weighted by atomic mass is 16.6. The summed E-state index contributed by atoms with van der Waals surface area (Å²) in [5.41, 5.74) is 5.56. The average molecular weight is 418 g/mol. The van der Waals surface area contributed by atoms with Crippen LogP contribution in [-0.2, 0) is 21.7 Å². The van der Waals surface area contributed by atoms with Crippen LogP contribution in [0.1, 0.15) is 37.5 Å². The van der Waals surface area contributed by atoms with Crippen LogP contribution < -0.4 is 4.74 Å². The maximum Gasteiger partial charge on any atom is 0.344 e. The molecule has 0 aliphatic rings. The first-order valence-corrected chi connectivity index (χ1v) is 10.1. The summed E-state index contributed by atoms with van der Waals surface area (Å²) in [4.78, 5) is 15.0. The van der Waals surface area contributed by atoms with Crippen LogP contribution in [0, 0.1) is 0 Å². The molecular formula is C26H27NO4. The van der Waals surface area contributed by atoms with Gasteiger partial charge in [0.1, 0.15) is 12.4 Å². The second-order valence-electron chi connectivity index (χ2n) is 8.28. The van der Waals surface area contributed by atoms with Crippen LogP contribution in [0.25, 0.3) is 11.1 Å². The van der Waals surface area contributed by atoms with E-state index >= 15 is 0 Å². The summed E-state index contributed by atoms with van der Waals surface area (Å²) in [7, 11) is 0. The van der Waals surface area contributed by atoms with Crippen molar-refractivity contribution in [1.29, 1.82) is 0 Å². The van der Waals surface area contributed by atoms with Crippen molar-refractivity contribution < 1.29 is 19.5 Å². The van der Waals surface area contributed by atoms with Crippen LogP contribution in [0.3, 0.4) is 0 Å². The number of hydrogen-bond acceptors (Lipinski definition) is 4. The second kappa shape index (κ2) is 9.94. The number of carboxylic acids is 1. The van der Waals surface area contributed by atoms with Crippen molar-refractivity contribution in [2.45, 2.75) is 32.8 Å². The van der Waals surface area contributed by atoms with E-state index in [4.69, 9.17) is 9.84 Å². The number of benzene rings is 3. The second-order valence-corrected chi connectivity index (χ2v) is 8.28. The summed E-state index contributed by atoms with van der Waals surface area (Å²) in [5, 5.41) is 12.1. The average Bonchev–Trinajstić information content (AvgIpc) is 2.76. The topological polar surface area (TPSA) is 68.1 Å². The third-order valence-corrected chi connectivity index (χ3v) is 4.79. The highest BCUT2D eigenvalue weighted by molar-refractivity contribution is 5.80. The normalized spacial score (nSPS) is 11.5. The first-order chi connectivity index (χ1) is 14.8. The predicted octanol–water partition coefficient (Wildman–Crippen LogP) is 5.67. The van der Waals surface area contributed by atoms with Crippen LogP contribution in [-0.4, -0.2) is 23.9 Å². The van der Waals surface area contributed by atoms with Gasteiger partial charge < -0.3 is 14.7 Å². The Morgan fingerprint density at radius 2 is 1.48 bits per heavy atom. The SMILES string of the molecule is CC(C)(C)c1ccc(COc2ccc(-c3ccc(/C=N/OCC(=O)O)cc3)cc2)cc1. The zero-order chi connectivity index (χ0) is 22.3. The molecule has 0 spiro atoms. The van der Waals surface area contributed by atoms with Gasteiger partial charge in [-0.05, 0) is 45.4 Å². The van der Waals surface area contributed by atoms with E-state index in [9.17, 15) is 4.79 Å². The highest BCUT2D eigenvalue weighted by Gasteiger charge is 2.12. The molecule has 0 radical (unpaired) electrons. The number of rotatable bonds is 8. The molecule has 5 heteroatoms. The third kappa shape index (κ3) is 6.71. The molecule has 0 fully saturated rings. The fourth-order valence-electron chi connectivity index (χ4n) is 2.96. The molecule has 3 aromatic rings. The van der Waals surface area contributed by atoms with Crippen molar-refractivity contribution in [3.05, 3.63) is 89.5 Å². The monoisotopic (exact) mass is 417 g/mol. The number of carbonyl (C=O) groups is 1.